The van der Waals surface area contributed by atoms with Crippen LogP contribution < -0.4 is 10.0 Å². The van der Waals surface area contributed by atoms with Gasteiger partial charge in [0, 0.05) is 18.3 Å². The van der Waals surface area contributed by atoms with Crippen LogP contribution in [0.3, 0.4) is 0 Å². The van der Waals surface area contributed by atoms with E-state index >= 15 is 0 Å². The molecule has 0 spiro atoms. The second-order valence-electron chi connectivity index (χ2n) is 5.75. The smallest absolute Gasteiger partial charge is 0.240 e. The summed E-state index contributed by atoms with van der Waals surface area (Å²) in [5.41, 5.74) is 0.944. The first-order valence-electron chi connectivity index (χ1n) is 7.34. The minimum absolute atomic E-state index is 0.280. The second-order valence-corrected chi connectivity index (χ2v) is 7.64. The van der Waals surface area contributed by atoms with Crippen LogP contribution in [0, 0.1) is 5.92 Å². The summed E-state index contributed by atoms with van der Waals surface area (Å²) >= 11 is 0. The molecule has 6 heteroatoms. The van der Waals surface area contributed by atoms with Gasteiger partial charge >= 0.3 is 0 Å². The van der Waals surface area contributed by atoms with Gasteiger partial charge in [-0.2, -0.15) is 0 Å². The van der Waals surface area contributed by atoms with Crippen LogP contribution in [0.2, 0.25) is 0 Å². The summed E-state index contributed by atoms with van der Waals surface area (Å²) in [6.07, 6.45) is 2.24. The Bertz CT molecular complexity index is 555. The van der Waals surface area contributed by atoms with Crippen LogP contribution in [0.1, 0.15) is 26.7 Å². The molecule has 21 heavy (non-hydrogen) atoms. The summed E-state index contributed by atoms with van der Waals surface area (Å²) in [4.78, 5) is 0.280. The van der Waals surface area contributed by atoms with Gasteiger partial charge in [0.05, 0.1) is 11.0 Å². The van der Waals surface area contributed by atoms with Crippen molar-refractivity contribution in [3.05, 3.63) is 24.3 Å². The summed E-state index contributed by atoms with van der Waals surface area (Å²) in [5, 5.41) is 3.47. The van der Waals surface area contributed by atoms with Gasteiger partial charge in [0.2, 0.25) is 10.0 Å². The Morgan fingerprint density at radius 1 is 1.24 bits per heavy atom. The molecule has 2 N–H and O–H groups in total. The molecular formula is C15H24N2O3S. The average molecular weight is 312 g/mol. The van der Waals surface area contributed by atoms with Gasteiger partial charge in [-0.3, -0.25) is 0 Å². The Morgan fingerprint density at radius 2 is 1.90 bits per heavy atom. The van der Waals surface area contributed by atoms with E-state index in [1.54, 1.807) is 12.1 Å². The lowest BCUT2D eigenvalue weighted by Crippen LogP contribution is -2.36. The van der Waals surface area contributed by atoms with E-state index in [9.17, 15) is 8.42 Å². The molecule has 1 aliphatic rings. The monoisotopic (exact) mass is 312 g/mol. The van der Waals surface area contributed by atoms with E-state index in [1.807, 2.05) is 12.1 Å². The molecule has 1 aromatic rings. The molecule has 5 nitrogen and oxygen atoms in total. The van der Waals surface area contributed by atoms with Crippen LogP contribution in [0.15, 0.2) is 29.2 Å². The summed E-state index contributed by atoms with van der Waals surface area (Å²) in [7, 11) is -1.95. The molecule has 0 radical (unpaired) electrons. The number of rotatable bonds is 5. The third-order valence-electron chi connectivity index (χ3n) is 3.86. The number of hydrogen-bond acceptors (Lipinski definition) is 4. The molecule has 1 saturated heterocycles. The van der Waals surface area contributed by atoms with Crippen LogP contribution in [0.25, 0.3) is 0 Å². The lowest BCUT2D eigenvalue weighted by molar-refractivity contribution is -0.0160. The zero-order valence-corrected chi connectivity index (χ0v) is 13.6. The molecule has 2 unspecified atom stereocenters. The molecular weight excluding hydrogens is 288 g/mol. The summed E-state index contributed by atoms with van der Waals surface area (Å²) < 4.78 is 31.4. The first-order chi connectivity index (χ1) is 9.92. The highest BCUT2D eigenvalue weighted by molar-refractivity contribution is 7.89. The minimum Gasteiger partial charge on any atom is -0.382 e. The molecule has 0 bridgehead atoms. The van der Waals surface area contributed by atoms with Crippen molar-refractivity contribution in [3.8, 4) is 0 Å². The maximum absolute atomic E-state index is 11.7. The zero-order valence-electron chi connectivity index (χ0n) is 12.8. The van der Waals surface area contributed by atoms with E-state index in [0.29, 0.717) is 18.1 Å². The maximum atomic E-state index is 11.7. The van der Waals surface area contributed by atoms with Crippen molar-refractivity contribution in [2.75, 3.05) is 19.0 Å². The molecule has 118 valence electrons. The highest BCUT2D eigenvalue weighted by atomic mass is 32.2. The van der Waals surface area contributed by atoms with Gasteiger partial charge in [-0.05, 0) is 50.1 Å². The molecule has 1 aliphatic heterocycles. The molecule has 1 heterocycles. The van der Waals surface area contributed by atoms with Crippen molar-refractivity contribution in [3.63, 3.8) is 0 Å². The fraction of sp³-hybridized carbons (Fsp3) is 0.600. The Morgan fingerprint density at radius 3 is 2.48 bits per heavy atom. The van der Waals surface area contributed by atoms with Gasteiger partial charge < -0.3 is 10.1 Å². The van der Waals surface area contributed by atoms with E-state index in [2.05, 4.69) is 23.9 Å². The number of hydrogen-bond donors (Lipinski definition) is 2. The molecule has 2 rings (SSSR count). The van der Waals surface area contributed by atoms with Crippen LogP contribution >= 0.6 is 0 Å². The summed E-state index contributed by atoms with van der Waals surface area (Å²) in [5.74, 6) is 0.512. The average Bonchev–Trinajstić information content (AvgIpc) is 2.48. The molecule has 1 fully saturated rings. The lowest BCUT2D eigenvalue weighted by atomic mass is 9.95. The molecule has 0 aromatic heterocycles. The normalized spacial score (nSPS) is 23.2. The minimum atomic E-state index is -3.37. The maximum Gasteiger partial charge on any atom is 0.240 e. The highest BCUT2D eigenvalue weighted by Gasteiger charge is 2.24. The predicted molar refractivity (Wildman–Crippen MR) is 83.9 cm³/mol. The highest BCUT2D eigenvalue weighted by Crippen LogP contribution is 2.23. The van der Waals surface area contributed by atoms with Crippen molar-refractivity contribution >= 4 is 15.7 Å². The van der Waals surface area contributed by atoms with Gasteiger partial charge in [0.1, 0.15) is 0 Å². The fourth-order valence-corrected chi connectivity index (χ4v) is 3.24. The summed E-state index contributed by atoms with van der Waals surface area (Å²) in [6, 6.07) is 7.23. The van der Waals surface area contributed by atoms with Crippen LogP contribution in [0.5, 0.6) is 0 Å². The van der Waals surface area contributed by atoms with Crippen molar-refractivity contribution in [1.29, 1.82) is 0 Å². The van der Waals surface area contributed by atoms with Gasteiger partial charge in [0.15, 0.2) is 0 Å². The van der Waals surface area contributed by atoms with Crippen LogP contribution in [-0.4, -0.2) is 34.2 Å². The van der Waals surface area contributed by atoms with Crippen molar-refractivity contribution in [2.45, 2.75) is 43.7 Å². The largest absolute Gasteiger partial charge is 0.382 e. The number of nitrogens with one attached hydrogen (secondary N) is 2. The van der Waals surface area contributed by atoms with Gasteiger partial charge in [-0.1, -0.05) is 13.8 Å². The van der Waals surface area contributed by atoms with E-state index in [0.717, 1.165) is 25.1 Å². The Kier molecular flexibility index (Phi) is 5.24. The fourth-order valence-electron chi connectivity index (χ4n) is 2.51. The Hall–Kier alpha value is -1.11. The number of benzene rings is 1. The Balaban J connectivity index is 2.00. The molecule has 0 saturated carbocycles. The number of sulfonamides is 1. The van der Waals surface area contributed by atoms with Crippen LogP contribution in [-0.2, 0) is 14.8 Å². The third-order valence-corrected chi connectivity index (χ3v) is 5.29. The molecule has 0 amide bonds. The van der Waals surface area contributed by atoms with Crippen molar-refractivity contribution < 1.29 is 13.2 Å². The first kappa shape index (κ1) is 16.3. The first-order valence-corrected chi connectivity index (χ1v) is 8.82. The lowest BCUT2D eigenvalue weighted by Gasteiger charge is -2.33. The molecule has 1 aromatic carbocycles. The zero-order chi connectivity index (χ0) is 15.5. The van der Waals surface area contributed by atoms with Crippen molar-refractivity contribution in [1.82, 2.24) is 4.72 Å². The standard InChI is InChI=1S/C15H24N2O3S/c1-11(2)15-10-13(8-9-20-15)17-12-4-6-14(7-5-12)21(18,19)16-3/h4-7,11,13,15-17H,8-10H2,1-3H3. The van der Waals surface area contributed by atoms with E-state index in [4.69, 9.17) is 4.74 Å². The van der Waals surface area contributed by atoms with E-state index < -0.39 is 10.0 Å². The van der Waals surface area contributed by atoms with E-state index in [1.165, 1.54) is 7.05 Å². The Labute approximate surface area is 127 Å². The topological polar surface area (TPSA) is 67.4 Å². The quantitative estimate of drug-likeness (QED) is 0.875. The van der Waals surface area contributed by atoms with Crippen LogP contribution in [0.4, 0.5) is 5.69 Å². The number of anilines is 1. The summed E-state index contributed by atoms with van der Waals surface area (Å²) in [6.45, 7) is 5.11. The van der Waals surface area contributed by atoms with Crippen molar-refractivity contribution in [2.24, 2.45) is 5.92 Å². The molecule has 2 atom stereocenters. The molecule has 0 aliphatic carbocycles. The number of ether oxygens (including phenoxy) is 1. The second kappa shape index (κ2) is 6.77. The van der Waals surface area contributed by atoms with Gasteiger partial charge in [-0.15, -0.1) is 0 Å². The predicted octanol–water partition coefficient (Wildman–Crippen LogP) is 2.21. The van der Waals surface area contributed by atoms with E-state index in [-0.39, 0.29) is 4.90 Å². The third kappa shape index (κ3) is 4.18. The van der Waals surface area contributed by atoms with Gasteiger partial charge in [0.25, 0.3) is 0 Å². The SMILES string of the molecule is CNS(=O)(=O)c1ccc(NC2CCOC(C(C)C)C2)cc1. The van der Waals surface area contributed by atoms with Gasteiger partial charge in [-0.25, -0.2) is 13.1 Å².